The number of hydrogen-bond donors (Lipinski definition) is 2. The average molecular weight is 325 g/mol. The van der Waals surface area contributed by atoms with Crippen molar-refractivity contribution in [2.45, 2.75) is 90.0 Å². The number of nitrogens with two attached hydrogens (primary N) is 1. The highest BCUT2D eigenvalue weighted by Crippen LogP contribution is 2.21. The van der Waals surface area contributed by atoms with Gasteiger partial charge >= 0.3 is 0 Å². The van der Waals surface area contributed by atoms with Crippen LogP contribution in [0.3, 0.4) is 0 Å². The van der Waals surface area contributed by atoms with Crippen molar-refractivity contribution in [2.24, 2.45) is 10.7 Å². The zero-order valence-corrected chi connectivity index (χ0v) is 15.5. The Balaban J connectivity index is 1.86. The fourth-order valence-electron chi connectivity index (χ4n) is 3.73. The molecule has 0 radical (unpaired) electrons. The van der Waals surface area contributed by atoms with Crippen molar-refractivity contribution >= 4 is 5.96 Å². The first-order chi connectivity index (χ1) is 10.9. The number of nitrogens with zero attached hydrogens (tertiary/aromatic N) is 2. The van der Waals surface area contributed by atoms with Crippen molar-refractivity contribution in [1.29, 1.82) is 0 Å². The summed E-state index contributed by atoms with van der Waals surface area (Å²) in [4.78, 5) is 7.13. The molecular formula is C18H36N4O. The Morgan fingerprint density at radius 3 is 2.26 bits per heavy atom. The van der Waals surface area contributed by atoms with Crippen LogP contribution in [-0.4, -0.2) is 54.3 Å². The Hall–Kier alpha value is -0.810. The van der Waals surface area contributed by atoms with Gasteiger partial charge in [-0.25, -0.2) is 0 Å². The Bertz CT molecular complexity index is 378. The van der Waals surface area contributed by atoms with E-state index in [4.69, 9.17) is 10.5 Å². The second kappa shape index (κ2) is 8.34. The molecule has 0 amide bonds. The van der Waals surface area contributed by atoms with E-state index in [0.29, 0.717) is 12.0 Å². The van der Waals surface area contributed by atoms with Gasteiger partial charge in [-0.15, -0.1) is 0 Å². The van der Waals surface area contributed by atoms with E-state index >= 15 is 0 Å². The molecular weight excluding hydrogens is 288 g/mol. The predicted molar refractivity (Wildman–Crippen MR) is 96.8 cm³/mol. The third kappa shape index (κ3) is 5.96. The van der Waals surface area contributed by atoms with Gasteiger partial charge in [-0.2, -0.15) is 0 Å². The van der Waals surface area contributed by atoms with Gasteiger partial charge in [0.05, 0.1) is 18.8 Å². The molecule has 1 saturated heterocycles. The molecule has 0 aromatic heterocycles. The second-order valence-corrected chi connectivity index (χ2v) is 8.01. The zero-order chi connectivity index (χ0) is 16.9. The summed E-state index contributed by atoms with van der Waals surface area (Å²) in [6.07, 6.45) is 8.33. The quantitative estimate of drug-likeness (QED) is 0.474. The van der Waals surface area contributed by atoms with Crippen LogP contribution >= 0.6 is 0 Å². The normalized spacial score (nSPS) is 29.3. The molecule has 5 nitrogen and oxygen atoms in total. The molecule has 1 aliphatic carbocycles. The molecule has 1 aliphatic heterocycles. The van der Waals surface area contributed by atoms with Gasteiger partial charge in [0.1, 0.15) is 0 Å². The summed E-state index contributed by atoms with van der Waals surface area (Å²) < 4.78 is 5.83. The van der Waals surface area contributed by atoms with Gasteiger partial charge < -0.3 is 15.8 Å². The maximum Gasteiger partial charge on any atom is 0.188 e. The summed E-state index contributed by atoms with van der Waals surface area (Å²) in [5, 5.41) is 3.44. The summed E-state index contributed by atoms with van der Waals surface area (Å²) >= 11 is 0. The minimum absolute atomic E-state index is 0.00204. The van der Waals surface area contributed by atoms with Crippen LogP contribution in [0.15, 0.2) is 4.99 Å². The molecule has 2 atom stereocenters. The van der Waals surface area contributed by atoms with E-state index in [1.54, 1.807) is 0 Å². The van der Waals surface area contributed by atoms with Gasteiger partial charge in [-0.05, 0) is 40.5 Å². The number of guanidine groups is 1. The molecule has 1 heterocycles. The lowest BCUT2D eigenvalue weighted by Gasteiger charge is -2.44. The van der Waals surface area contributed by atoms with Crippen molar-refractivity contribution in [2.75, 3.05) is 19.6 Å². The van der Waals surface area contributed by atoms with Crippen LogP contribution in [0, 0.1) is 0 Å². The molecule has 0 bridgehead atoms. The summed E-state index contributed by atoms with van der Waals surface area (Å²) in [6, 6.07) is 0.507. The molecule has 0 spiro atoms. The third-order valence-electron chi connectivity index (χ3n) is 5.12. The SMILES string of the molecule is CC1CN(C(C)(C)CN=C(N)NC2CCCCCC2)CC(C)O1. The first-order valence-corrected chi connectivity index (χ1v) is 9.34. The van der Waals surface area contributed by atoms with Crippen LogP contribution in [0.2, 0.25) is 0 Å². The zero-order valence-electron chi connectivity index (χ0n) is 15.5. The van der Waals surface area contributed by atoms with Gasteiger partial charge in [-0.1, -0.05) is 25.7 Å². The van der Waals surface area contributed by atoms with E-state index in [0.717, 1.165) is 19.6 Å². The molecule has 5 heteroatoms. The standard InChI is InChI=1S/C18H36N4O/c1-14-11-22(12-15(2)23-14)18(3,4)13-20-17(19)21-16-9-7-5-6-8-10-16/h14-16H,5-13H2,1-4H3,(H3,19,20,21). The highest BCUT2D eigenvalue weighted by atomic mass is 16.5. The highest BCUT2D eigenvalue weighted by molar-refractivity contribution is 5.78. The van der Waals surface area contributed by atoms with Crippen molar-refractivity contribution in [1.82, 2.24) is 10.2 Å². The van der Waals surface area contributed by atoms with Crippen molar-refractivity contribution < 1.29 is 4.74 Å². The fourth-order valence-corrected chi connectivity index (χ4v) is 3.73. The minimum atomic E-state index is 0.00204. The summed E-state index contributed by atoms with van der Waals surface area (Å²) in [6.45, 7) is 11.4. The van der Waals surface area contributed by atoms with Crippen molar-refractivity contribution in [3.05, 3.63) is 0 Å². The monoisotopic (exact) mass is 324 g/mol. The number of hydrogen-bond acceptors (Lipinski definition) is 3. The van der Waals surface area contributed by atoms with Gasteiger partial charge in [0.2, 0.25) is 0 Å². The van der Waals surface area contributed by atoms with E-state index in [1.807, 2.05) is 0 Å². The topological polar surface area (TPSA) is 62.9 Å². The van der Waals surface area contributed by atoms with E-state index in [2.05, 4.69) is 42.9 Å². The van der Waals surface area contributed by atoms with Gasteiger partial charge in [0.25, 0.3) is 0 Å². The first-order valence-electron chi connectivity index (χ1n) is 9.34. The molecule has 0 aromatic carbocycles. The largest absolute Gasteiger partial charge is 0.373 e. The maximum atomic E-state index is 6.14. The minimum Gasteiger partial charge on any atom is -0.373 e. The molecule has 2 fully saturated rings. The number of rotatable bonds is 4. The van der Waals surface area contributed by atoms with E-state index in [1.165, 1.54) is 38.5 Å². The van der Waals surface area contributed by atoms with Crippen LogP contribution < -0.4 is 11.1 Å². The van der Waals surface area contributed by atoms with Crippen LogP contribution in [0.4, 0.5) is 0 Å². The Morgan fingerprint density at radius 1 is 1.13 bits per heavy atom. The molecule has 2 unspecified atom stereocenters. The highest BCUT2D eigenvalue weighted by Gasteiger charge is 2.33. The molecule has 2 aliphatic rings. The smallest absolute Gasteiger partial charge is 0.188 e. The van der Waals surface area contributed by atoms with E-state index in [9.17, 15) is 0 Å². The van der Waals surface area contributed by atoms with Gasteiger partial charge in [-0.3, -0.25) is 9.89 Å². The molecule has 0 aromatic rings. The van der Waals surface area contributed by atoms with Gasteiger partial charge in [0.15, 0.2) is 5.96 Å². The third-order valence-corrected chi connectivity index (χ3v) is 5.12. The molecule has 134 valence electrons. The van der Waals surface area contributed by atoms with Crippen LogP contribution in [0.25, 0.3) is 0 Å². The number of nitrogens with one attached hydrogen (secondary N) is 1. The Kier molecular flexibility index (Phi) is 6.72. The molecule has 3 N–H and O–H groups in total. The number of ether oxygens (including phenoxy) is 1. The van der Waals surface area contributed by atoms with Gasteiger partial charge in [0, 0.05) is 24.7 Å². The lowest BCUT2D eigenvalue weighted by atomic mass is 10.0. The van der Waals surface area contributed by atoms with Crippen LogP contribution in [0.5, 0.6) is 0 Å². The molecule has 23 heavy (non-hydrogen) atoms. The maximum absolute atomic E-state index is 6.14. The molecule has 2 rings (SSSR count). The number of aliphatic imine (C=N–C) groups is 1. The summed E-state index contributed by atoms with van der Waals surface area (Å²) in [5.41, 5.74) is 6.14. The van der Waals surface area contributed by atoms with E-state index < -0.39 is 0 Å². The van der Waals surface area contributed by atoms with Crippen molar-refractivity contribution in [3.63, 3.8) is 0 Å². The van der Waals surface area contributed by atoms with Crippen molar-refractivity contribution in [3.8, 4) is 0 Å². The van der Waals surface area contributed by atoms with Crippen LogP contribution in [0.1, 0.15) is 66.2 Å². The summed E-state index contributed by atoms with van der Waals surface area (Å²) in [7, 11) is 0. The first kappa shape index (κ1) is 18.5. The Morgan fingerprint density at radius 2 is 1.70 bits per heavy atom. The van der Waals surface area contributed by atoms with Crippen LogP contribution in [-0.2, 0) is 4.74 Å². The lowest BCUT2D eigenvalue weighted by molar-refractivity contribution is -0.0939. The second-order valence-electron chi connectivity index (χ2n) is 8.01. The average Bonchev–Trinajstić information content (AvgIpc) is 2.73. The number of morpholine rings is 1. The summed E-state index contributed by atoms with van der Waals surface area (Å²) in [5.74, 6) is 0.610. The lowest BCUT2D eigenvalue weighted by Crippen LogP contribution is -2.56. The Labute approximate surface area is 142 Å². The molecule has 1 saturated carbocycles. The fraction of sp³-hybridized carbons (Fsp3) is 0.944. The van der Waals surface area contributed by atoms with E-state index in [-0.39, 0.29) is 17.7 Å². The predicted octanol–water partition coefficient (Wildman–Crippen LogP) is 2.50.